The molecule has 250 valence electrons. The largest absolute Gasteiger partial charge is 0.480 e. The van der Waals surface area contributed by atoms with Gasteiger partial charge in [0.25, 0.3) is 0 Å². The number of amides is 1. The molecule has 0 fully saturated rings. The Labute approximate surface area is 264 Å². The van der Waals surface area contributed by atoms with Crippen LogP contribution < -0.4 is 5.32 Å². The number of hydrogen-bond donors (Lipinski definition) is 2. The summed E-state index contributed by atoms with van der Waals surface area (Å²) in [5.41, 5.74) is 0. The van der Waals surface area contributed by atoms with E-state index in [-0.39, 0.29) is 24.5 Å². The fraction of sp³-hybridized carbons (Fsp3) is 0.811. The quantitative estimate of drug-likeness (QED) is 0.0452. The highest BCUT2D eigenvalue weighted by molar-refractivity contribution is 5.80. The highest BCUT2D eigenvalue weighted by Crippen LogP contribution is 2.17. The van der Waals surface area contributed by atoms with E-state index in [2.05, 4.69) is 43.5 Å². The van der Waals surface area contributed by atoms with Crippen molar-refractivity contribution in [2.75, 3.05) is 6.54 Å². The molecule has 0 saturated carbocycles. The summed E-state index contributed by atoms with van der Waals surface area (Å²) in [6.07, 6.45) is 37.2. The third-order valence-corrected chi connectivity index (χ3v) is 7.83. The zero-order valence-electron chi connectivity index (χ0n) is 28.1. The minimum Gasteiger partial charge on any atom is -0.480 e. The number of carboxylic acid groups (broad SMARTS) is 1. The molecule has 0 aromatic heterocycles. The van der Waals surface area contributed by atoms with E-state index < -0.39 is 5.97 Å². The number of aliphatic carboxylic acids is 1. The van der Waals surface area contributed by atoms with Gasteiger partial charge in [0.15, 0.2) is 0 Å². The first-order valence-corrected chi connectivity index (χ1v) is 18.0. The molecular formula is C37H67NO5. The topological polar surface area (TPSA) is 92.7 Å². The summed E-state index contributed by atoms with van der Waals surface area (Å²) in [6, 6.07) is 0. The molecule has 0 heterocycles. The molecule has 1 unspecified atom stereocenters. The van der Waals surface area contributed by atoms with Crippen LogP contribution in [0.1, 0.15) is 181 Å². The lowest BCUT2D eigenvalue weighted by atomic mass is 10.0. The number of allylic oxidation sites excluding steroid dienone is 4. The zero-order chi connectivity index (χ0) is 31.6. The van der Waals surface area contributed by atoms with Crippen LogP contribution in [-0.4, -0.2) is 35.6 Å². The van der Waals surface area contributed by atoms with Gasteiger partial charge in [-0.1, -0.05) is 115 Å². The molecule has 0 aliphatic carbocycles. The number of esters is 1. The highest BCUT2D eigenvalue weighted by Gasteiger charge is 2.14. The van der Waals surface area contributed by atoms with Gasteiger partial charge < -0.3 is 15.2 Å². The van der Waals surface area contributed by atoms with E-state index in [0.29, 0.717) is 12.8 Å². The van der Waals surface area contributed by atoms with Crippen molar-refractivity contribution in [1.82, 2.24) is 5.32 Å². The van der Waals surface area contributed by atoms with E-state index in [9.17, 15) is 14.4 Å². The number of carboxylic acids is 1. The molecule has 0 aromatic rings. The minimum absolute atomic E-state index is 0.00355. The van der Waals surface area contributed by atoms with Gasteiger partial charge in [-0.3, -0.25) is 14.4 Å². The Hall–Kier alpha value is -2.11. The normalized spacial score (nSPS) is 12.2. The van der Waals surface area contributed by atoms with Crippen LogP contribution >= 0.6 is 0 Å². The zero-order valence-corrected chi connectivity index (χ0v) is 28.1. The molecule has 6 heteroatoms. The van der Waals surface area contributed by atoms with E-state index in [0.717, 1.165) is 70.6 Å². The van der Waals surface area contributed by atoms with Crippen LogP contribution in [0.4, 0.5) is 0 Å². The Bertz CT molecular complexity index is 718. The molecule has 0 saturated heterocycles. The summed E-state index contributed by atoms with van der Waals surface area (Å²) in [5, 5.41) is 11.0. The first kappa shape index (κ1) is 40.9. The van der Waals surface area contributed by atoms with Crippen LogP contribution in [0.5, 0.6) is 0 Å². The van der Waals surface area contributed by atoms with Gasteiger partial charge in [0.05, 0.1) is 0 Å². The van der Waals surface area contributed by atoms with E-state index in [1.165, 1.54) is 83.5 Å². The van der Waals surface area contributed by atoms with E-state index in [4.69, 9.17) is 9.84 Å². The molecule has 0 spiro atoms. The summed E-state index contributed by atoms with van der Waals surface area (Å²) < 4.78 is 5.96. The second-order valence-corrected chi connectivity index (χ2v) is 12.1. The highest BCUT2D eigenvalue weighted by atomic mass is 16.5. The number of carbonyl (C=O) groups excluding carboxylic acids is 2. The number of rotatable bonds is 32. The lowest BCUT2D eigenvalue weighted by molar-refractivity contribution is -0.150. The number of carbonyl (C=O) groups is 3. The first-order chi connectivity index (χ1) is 21.0. The van der Waals surface area contributed by atoms with Crippen molar-refractivity contribution in [3.05, 3.63) is 24.3 Å². The lowest BCUT2D eigenvalue weighted by Crippen LogP contribution is -2.28. The molecular weight excluding hydrogens is 538 g/mol. The predicted octanol–water partition coefficient (Wildman–Crippen LogP) is 10.4. The summed E-state index contributed by atoms with van der Waals surface area (Å²) in [7, 11) is 0. The number of nitrogens with one attached hydrogen (secondary N) is 1. The standard InChI is InChI=1S/C37H67NO5/c1-3-5-7-9-11-13-15-16-18-21-25-29-34(30-26-22-20-23-27-31-35(39)38-33-36(40)41)43-37(42)32-28-24-19-17-14-12-10-8-6-4-2/h8,10,16,18,34H,3-7,9,11-15,17,19-33H2,1-2H3,(H,38,39)(H,40,41)/b10-8-,18-16-. The van der Waals surface area contributed by atoms with Crippen LogP contribution in [0.25, 0.3) is 0 Å². The van der Waals surface area contributed by atoms with Gasteiger partial charge in [-0.2, -0.15) is 0 Å². The third-order valence-electron chi connectivity index (χ3n) is 7.83. The summed E-state index contributed by atoms with van der Waals surface area (Å²) in [4.78, 5) is 34.8. The molecule has 43 heavy (non-hydrogen) atoms. The molecule has 0 aromatic carbocycles. The van der Waals surface area contributed by atoms with Gasteiger partial charge in [-0.15, -0.1) is 0 Å². The second-order valence-electron chi connectivity index (χ2n) is 12.1. The van der Waals surface area contributed by atoms with Crippen molar-refractivity contribution < 1.29 is 24.2 Å². The van der Waals surface area contributed by atoms with Crippen molar-refractivity contribution in [2.24, 2.45) is 0 Å². The lowest BCUT2D eigenvalue weighted by Gasteiger charge is -2.18. The second kappa shape index (κ2) is 32.8. The SMILES string of the molecule is CCC/C=C\CCCCCCCC(=O)OC(CCC/C=C\CCCCCCCC)CCCCCCCC(=O)NCC(=O)O. The first-order valence-electron chi connectivity index (χ1n) is 18.0. The molecule has 0 rings (SSSR count). The number of unbranched alkanes of at least 4 members (excludes halogenated alkanes) is 17. The Kier molecular flexibility index (Phi) is 31.2. The van der Waals surface area contributed by atoms with Gasteiger partial charge in [0, 0.05) is 12.8 Å². The monoisotopic (exact) mass is 606 g/mol. The Morgan fingerprint density at radius 2 is 1.07 bits per heavy atom. The molecule has 0 bridgehead atoms. The van der Waals surface area contributed by atoms with Gasteiger partial charge in [-0.05, 0) is 77.0 Å². The molecule has 0 aliphatic heterocycles. The molecule has 1 amide bonds. The van der Waals surface area contributed by atoms with Crippen molar-refractivity contribution in [3.63, 3.8) is 0 Å². The van der Waals surface area contributed by atoms with E-state index in [1.54, 1.807) is 0 Å². The third kappa shape index (κ3) is 32.6. The van der Waals surface area contributed by atoms with Gasteiger partial charge in [0.2, 0.25) is 5.91 Å². The van der Waals surface area contributed by atoms with Gasteiger partial charge in [0.1, 0.15) is 12.6 Å². The molecule has 1 atom stereocenters. The number of hydrogen-bond acceptors (Lipinski definition) is 4. The van der Waals surface area contributed by atoms with Gasteiger partial charge >= 0.3 is 11.9 Å². The van der Waals surface area contributed by atoms with Crippen molar-refractivity contribution in [2.45, 2.75) is 187 Å². The summed E-state index contributed by atoms with van der Waals surface area (Å²) >= 11 is 0. The maximum atomic E-state index is 12.6. The predicted molar refractivity (Wildman–Crippen MR) is 180 cm³/mol. The van der Waals surface area contributed by atoms with Crippen LogP contribution in [0, 0.1) is 0 Å². The van der Waals surface area contributed by atoms with Crippen LogP contribution in [-0.2, 0) is 19.1 Å². The number of ether oxygens (including phenoxy) is 1. The molecule has 0 aliphatic rings. The average Bonchev–Trinajstić information content (AvgIpc) is 2.99. The maximum absolute atomic E-state index is 12.6. The Morgan fingerprint density at radius 1 is 0.581 bits per heavy atom. The Morgan fingerprint density at radius 3 is 1.67 bits per heavy atom. The molecule has 0 radical (unpaired) electrons. The Balaban J connectivity index is 4.24. The summed E-state index contributed by atoms with van der Waals surface area (Å²) in [6.45, 7) is 4.14. The fourth-order valence-electron chi connectivity index (χ4n) is 5.16. The summed E-state index contributed by atoms with van der Waals surface area (Å²) in [5.74, 6) is -1.26. The van der Waals surface area contributed by atoms with Crippen LogP contribution in [0.15, 0.2) is 24.3 Å². The van der Waals surface area contributed by atoms with E-state index in [1.807, 2.05) is 0 Å². The van der Waals surface area contributed by atoms with Crippen molar-refractivity contribution >= 4 is 17.8 Å². The van der Waals surface area contributed by atoms with Gasteiger partial charge in [-0.25, -0.2) is 0 Å². The molecule has 6 nitrogen and oxygen atoms in total. The molecule has 2 N–H and O–H groups in total. The minimum atomic E-state index is -1.02. The fourth-order valence-corrected chi connectivity index (χ4v) is 5.16. The van der Waals surface area contributed by atoms with Crippen molar-refractivity contribution in [3.8, 4) is 0 Å². The van der Waals surface area contributed by atoms with Crippen LogP contribution in [0.3, 0.4) is 0 Å². The average molecular weight is 606 g/mol. The van der Waals surface area contributed by atoms with Crippen LogP contribution in [0.2, 0.25) is 0 Å². The van der Waals surface area contributed by atoms with E-state index >= 15 is 0 Å². The van der Waals surface area contributed by atoms with Crippen molar-refractivity contribution in [1.29, 1.82) is 0 Å². The smallest absolute Gasteiger partial charge is 0.322 e. The maximum Gasteiger partial charge on any atom is 0.322 e.